The van der Waals surface area contributed by atoms with Crippen LogP contribution in [0.1, 0.15) is 47.7 Å². The first-order valence-corrected chi connectivity index (χ1v) is 15.5. The van der Waals surface area contributed by atoms with Crippen molar-refractivity contribution in [3.63, 3.8) is 0 Å². The fourth-order valence-corrected chi connectivity index (χ4v) is 6.37. The summed E-state index contributed by atoms with van der Waals surface area (Å²) in [5, 5.41) is 7.19. The number of rotatable bonds is 10. The predicted octanol–water partition coefficient (Wildman–Crippen LogP) is 3.80. The molecule has 2 aromatic heterocycles. The number of thiophene rings is 1. The number of sulfone groups is 1. The first-order valence-electron chi connectivity index (χ1n) is 11.8. The van der Waals surface area contributed by atoms with Gasteiger partial charge in [-0.05, 0) is 67.1 Å². The molecule has 1 atom stereocenters. The molecule has 3 rings (SSSR count). The maximum Gasteiger partial charge on any atom is 0.254 e. The fraction of sp³-hybridized carbons (Fsp3) is 0.542. The molecule has 8 nitrogen and oxygen atoms in total. The summed E-state index contributed by atoms with van der Waals surface area (Å²) in [5.74, 6) is -1.09. The van der Waals surface area contributed by atoms with Gasteiger partial charge in [-0.15, -0.1) is 0 Å². The first-order chi connectivity index (χ1) is 16.9. The Balaban J connectivity index is 1.52. The number of carbonyl (C=O) groups excluding carboxylic acids is 2. The Morgan fingerprint density at radius 3 is 2.58 bits per heavy atom. The normalized spacial score (nSPS) is 16.0. The Hall–Kier alpha value is -1.72. The second kappa shape index (κ2) is 12.7. The van der Waals surface area contributed by atoms with Gasteiger partial charge in [0.05, 0.1) is 5.56 Å². The summed E-state index contributed by atoms with van der Waals surface area (Å²) in [6, 6.07) is 3.79. The molecule has 36 heavy (non-hydrogen) atoms. The van der Waals surface area contributed by atoms with E-state index in [9.17, 15) is 18.0 Å². The van der Waals surface area contributed by atoms with Gasteiger partial charge in [0.25, 0.3) is 5.91 Å². The Morgan fingerprint density at radius 1 is 1.31 bits per heavy atom. The minimum absolute atomic E-state index is 0.00942. The number of aromatic nitrogens is 1. The van der Waals surface area contributed by atoms with Gasteiger partial charge in [-0.1, -0.05) is 23.2 Å². The topological polar surface area (TPSA) is 99.7 Å². The van der Waals surface area contributed by atoms with Crippen molar-refractivity contribution in [2.45, 2.75) is 51.7 Å². The number of hydrogen-bond acceptors (Lipinski definition) is 7. The van der Waals surface area contributed by atoms with Crippen molar-refractivity contribution in [1.29, 1.82) is 0 Å². The van der Waals surface area contributed by atoms with Crippen molar-refractivity contribution in [3.05, 3.63) is 49.9 Å². The largest absolute Gasteiger partial charge is 0.352 e. The molecule has 1 fully saturated rings. The maximum atomic E-state index is 12.9. The van der Waals surface area contributed by atoms with E-state index in [1.54, 1.807) is 29.2 Å². The SMILES string of the molecule is Cc1cc(Cl)nc(Cl)c1C(=O)NCCC(C)N1CCC(N(Cc2ccsc2)C(=O)CS(C)(=O)=O)CC1. The van der Waals surface area contributed by atoms with E-state index in [1.807, 2.05) is 16.8 Å². The van der Waals surface area contributed by atoms with Gasteiger partial charge in [0.1, 0.15) is 16.1 Å². The van der Waals surface area contributed by atoms with Crippen LogP contribution in [0.15, 0.2) is 22.9 Å². The molecule has 1 aliphatic heterocycles. The van der Waals surface area contributed by atoms with Gasteiger partial charge in [-0.3, -0.25) is 9.59 Å². The van der Waals surface area contributed by atoms with Gasteiger partial charge in [0.2, 0.25) is 5.91 Å². The molecule has 0 saturated carbocycles. The molecular weight excluding hydrogens is 543 g/mol. The Labute approximate surface area is 226 Å². The smallest absolute Gasteiger partial charge is 0.254 e. The molecule has 1 saturated heterocycles. The van der Waals surface area contributed by atoms with Gasteiger partial charge in [-0.25, -0.2) is 13.4 Å². The van der Waals surface area contributed by atoms with E-state index in [-0.39, 0.29) is 34.2 Å². The number of amides is 2. The zero-order valence-corrected chi connectivity index (χ0v) is 23.8. The minimum atomic E-state index is -3.41. The number of aryl methyl sites for hydroxylation is 1. The number of nitrogens with zero attached hydrogens (tertiary/aromatic N) is 3. The highest BCUT2D eigenvalue weighted by Gasteiger charge is 2.31. The number of hydrogen-bond donors (Lipinski definition) is 1. The molecule has 1 unspecified atom stereocenters. The van der Waals surface area contributed by atoms with Crippen LogP contribution in [0.4, 0.5) is 0 Å². The summed E-state index contributed by atoms with van der Waals surface area (Å²) in [5.41, 5.74) is 2.02. The summed E-state index contributed by atoms with van der Waals surface area (Å²) in [6.45, 7) is 6.37. The lowest BCUT2D eigenvalue weighted by Crippen LogP contribution is -2.50. The summed E-state index contributed by atoms with van der Waals surface area (Å²) in [6.07, 6.45) is 3.37. The molecule has 12 heteroatoms. The van der Waals surface area contributed by atoms with E-state index in [0.29, 0.717) is 24.2 Å². The highest BCUT2D eigenvalue weighted by Crippen LogP contribution is 2.23. The Bertz CT molecular complexity index is 1140. The summed E-state index contributed by atoms with van der Waals surface area (Å²) < 4.78 is 23.5. The van der Waals surface area contributed by atoms with Gasteiger partial charge in [-0.2, -0.15) is 11.3 Å². The van der Waals surface area contributed by atoms with E-state index < -0.39 is 15.6 Å². The van der Waals surface area contributed by atoms with E-state index in [4.69, 9.17) is 23.2 Å². The molecule has 0 radical (unpaired) electrons. The van der Waals surface area contributed by atoms with E-state index in [1.165, 1.54) is 0 Å². The molecule has 0 aromatic carbocycles. The van der Waals surface area contributed by atoms with Gasteiger partial charge in [0, 0.05) is 44.5 Å². The van der Waals surface area contributed by atoms with Crippen LogP contribution >= 0.6 is 34.5 Å². The lowest BCUT2D eigenvalue weighted by molar-refractivity contribution is -0.132. The number of piperidine rings is 1. The van der Waals surface area contributed by atoms with Crippen LogP contribution in [0.2, 0.25) is 10.3 Å². The standard InChI is InChI=1S/C24H32Cl2N4O4S2/c1-16-12-20(25)28-23(26)22(16)24(32)27-8-4-17(2)29-9-5-19(6-10-29)30(13-18-7-11-35-14-18)21(31)15-36(3,33)34/h7,11-12,14,17,19H,4-6,8-10,13,15H2,1-3H3,(H,27,32). The van der Waals surface area contributed by atoms with Crippen LogP contribution in [0.3, 0.4) is 0 Å². The van der Waals surface area contributed by atoms with Crippen molar-refractivity contribution in [3.8, 4) is 0 Å². The summed E-state index contributed by atoms with van der Waals surface area (Å²) >= 11 is 13.6. The molecule has 0 spiro atoms. The summed E-state index contributed by atoms with van der Waals surface area (Å²) in [7, 11) is -3.41. The van der Waals surface area contributed by atoms with Crippen LogP contribution in [0.5, 0.6) is 0 Å². The first kappa shape index (κ1) is 28.8. The summed E-state index contributed by atoms with van der Waals surface area (Å²) in [4.78, 5) is 33.5. The molecule has 1 aliphatic rings. The number of carbonyl (C=O) groups is 2. The molecule has 0 bridgehead atoms. The van der Waals surface area contributed by atoms with Crippen LogP contribution in [0.25, 0.3) is 0 Å². The number of nitrogens with one attached hydrogen (secondary N) is 1. The average molecular weight is 576 g/mol. The quantitative estimate of drug-likeness (QED) is 0.433. The van der Waals surface area contributed by atoms with Crippen molar-refractivity contribution in [2.24, 2.45) is 0 Å². The van der Waals surface area contributed by atoms with Crippen LogP contribution in [-0.2, 0) is 21.2 Å². The van der Waals surface area contributed by atoms with Gasteiger partial charge < -0.3 is 15.1 Å². The Morgan fingerprint density at radius 2 is 2.00 bits per heavy atom. The average Bonchev–Trinajstić information content (AvgIpc) is 3.29. The zero-order chi connectivity index (χ0) is 26.5. The molecule has 198 valence electrons. The van der Waals surface area contributed by atoms with Crippen LogP contribution in [0, 0.1) is 6.92 Å². The monoisotopic (exact) mass is 574 g/mol. The molecular formula is C24H32Cl2N4O4S2. The highest BCUT2D eigenvalue weighted by atomic mass is 35.5. The molecule has 2 aromatic rings. The third-order valence-corrected chi connectivity index (χ3v) is 8.39. The second-order valence-corrected chi connectivity index (χ2v) is 13.0. The fourth-order valence-electron chi connectivity index (χ4n) is 4.48. The van der Waals surface area contributed by atoms with E-state index in [2.05, 4.69) is 22.1 Å². The van der Waals surface area contributed by atoms with Crippen LogP contribution in [-0.4, -0.2) is 78.7 Å². The highest BCUT2D eigenvalue weighted by molar-refractivity contribution is 7.91. The maximum absolute atomic E-state index is 12.9. The van der Waals surface area contributed by atoms with Crippen molar-refractivity contribution < 1.29 is 18.0 Å². The lowest BCUT2D eigenvalue weighted by Gasteiger charge is -2.40. The van der Waals surface area contributed by atoms with E-state index >= 15 is 0 Å². The van der Waals surface area contributed by atoms with Gasteiger partial charge >= 0.3 is 0 Å². The molecule has 2 amide bonds. The zero-order valence-electron chi connectivity index (χ0n) is 20.7. The Kier molecular flexibility index (Phi) is 10.2. The molecule has 0 aliphatic carbocycles. The lowest BCUT2D eigenvalue weighted by atomic mass is 10.00. The van der Waals surface area contributed by atoms with Crippen molar-refractivity contribution in [1.82, 2.24) is 20.1 Å². The molecule has 1 N–H and O–H groups in total. The van der Waals surface area contributed by atoms with Crippen molar-refractivity contribution >= 4 is 56.2 Å². The second-order valence-electron chi connectivity index (χ2n) is 9.31. The number of pyridine rings is 1. The molecule has 3 heterocycles. The van der Waals surface area contributed by atoms with Crippen molar-refractivity contribution in [2.75, 3.05) is 31.6 Å². The van der Waals surface area contributed by atoms with E-state index in [0.717, 1.165) is 44.2 Å². The van der Waals surface area contributed by atoms with Gasteiger partial charge in [0.15, 0.2) is 9.84 Å². The predicted molar refractivity (Wildman–Crippen MR) is 145 cm³/mol. The third kappa shape index (κ3) is 8.14. The number of halogens is 2. The number of likely N-dealkylation sites (tertiary alicyclic amines) is 1. The van der Waals surface area contributed by atoms with Crippen LogP contribution < -0.4 is 5.32 Å². The minimum Gasteiger partial charge on any atom is -0.352 e. The third-order valence-electron chi connectivity index (χ3n) is 6.42.